The van der Waals surface area contributed by atoms with E-state index in [9.17, 15) is 18.3 Å². The minimum absolute atomic E-state index is 0.0140. The standard InChI is InChI=1S/C64H64Cl2N6O7S/c1-62(2)38-54(45-22-24-50(65)25-23-45)46(43-78-62)41-70-32-34-71(35-33-70)51-26-27-53(60(73)69-80(75,76)52-37-56(66)61(67-39-52)77-42-44-28-30-63(3,74)31-29-44)59(36-51)79-58-21-13-20-57-55(58)40-68-72(57)64(47-14-7-4-8-15-47,48-16-9-5-10-17-48)49-18-11-6-12-19-49/h4-27,36-37,39-40,44,74H,28-35,38,41-43H2,1-3H3,(H,69,73)/t44-,63-. The zero-order chi connectivity index (χ0) is 55.7. The number of aliphatic hydroxyl groups is 1. The molecule has 0 atom stereocenters. The van der Waals surface area contributed by atoms with E-state index in [2.05, 4.69) is 81.9 Å². The average Bonchev–Trinajstić information content (AvgIpc) is 3.49. The fourth-order valence-corrected chi connectivity index (χ4v) is 12.8. The van der Waals surface area contributed by atoms with Gasteiger partial charge in [0.1, 0.15) is 27.0 Å². The molecule has 3 aliphatic rings. The molecule has 2 fully saturated rings. The first kappa shape index (κ1) is 54.9. The normalized spacial score (nSPS) is 19.0. The van der Waals surface area contributed by atoms with E-state index < -0.39 is 27.1 Å². The number of aromatic nitrogens is 3. The second-order valence-corrected chi connectivity index (χ2v) is 24.6. The number of hydrogen-bond donors (Lipinski definition) is 2. The molecule has 1 amide bonds. The Morgan fingerprint density at radius 1 is 0.775 bits per heavy atom. The van der Waals surface area contributed by atoms with Crippen LogP contribution in [0.1, 0.15) is 85.5 Å². The number of halogens is 2. The van der Waals surface area contributed by atoms with E-state index in [0.29, 0.717) is 55.3 Å². The average molecular weight is 1130 g/mol. The van der Waals surface area contributed by atoms with Crippen molar-refractivity contribution in [3.8, 4) is 17.4 Å². The number of amides is 1. The van der Waals surface area contributed by atoms with Gasteiger partial charge in [0.05, 0.1) is 53.3 Å². The summed E-state index contributed by atoms with van der Waals surface area (Å²) in [6, 6.07) is 51.0. The summed E-state index contributed by atoms with van der Waals surface area (Å²) in [5, 5.41) is 16.9. The maximum atomic E-state index is 14.6. The van der Waals surface area contributed by atoms with Crippen molar-refractivity contribution >= 4 is 61.3 Å². The molecule has 0 radical (unpaired) electrons. The molecule has 1 saturated heterocycles. The van der Waals surface area contributed by atoms with Crippen molar-refractivity contribution in [2.24, 2.45) is 5.92 Å². The zero-order valence-corrected chi connectivity index (χ0v) is 47.4. The number of hydrogen-bond acceptors (Lipinski definition) is 11. The van der Waals surface area contributed by atoms with Crippen molar-refractivity contribution in [2.45, 2.75) is 74.5 Å². The summed E-state index contributed by atoms with van der Waals surface area (Å²) in [7, 11) is -4.52. The van der Waals surface area contributed by atoms with Gasteiger partial charge in [-0.25, -0.2) is 22.8 Å². The molecule has 11 rings (SSSR count). The summed E-state index contributed by atoms with van der Waals surface area (Å²) in [5.74, 6) is -0.0898. The van der Waals surface area contributed by atoms with Crippen molar-refractivity contribution in [3.05, 3.63) is 214 Å². The van der Waals surface area contributed by atoms with Gasteiger partial charge < -0.3 is 24.2 Å². The van der Waals surface area contributed by atoms with E-state index in [4.69, 9.17) is 42.5 Å². The van der Waals surface area contributed by atoms with Crippen LogP contribution in [0, 0.1) is 5.92 Å². The van der Waals surface area contributed by atoms with Crippen LogP contribution < -0.4 is 19.1 Å². The predicted molar refractivity (Wildman–Crippen MR) is 315 cm³/mol. The van der Waals surface area contributed by atoms with Crippen molar-refractivity contribution in [1.29, 1.82) is 0 Å². The molecule has 0 bridgehead atoms. The highest BCUT2D eigenvalue weighted by Gasteiger charge is 2.41. The molecule has 2 N–H and O–H groups in total. The molecule has 1 saturated carbocycles. The quantitative estimate of drug-likeness (QED) is 0.0891. The number of carbonyl (C=O) groups is 1. The first-order valence-corrected chi connectivity index (χ1v) is 29.4. The Bertz CT molecular complexity index is 3560. The van der Waals surface area contributed by atoms with Gasteiger partial charge in [-0.15, -0.1) is 0 Å². The van der Waals surface area contributed by atoms with Crippen LogP contribution in [0.4, 0.5) is 5.69 Å². The highest BCUT2D eigenvalue weighted by Crippen LogP contribution is 2.45. The van der Waals surface area contributed by atoms with Gasteiger partial charge in [0, 0.05) is 55.9 Å². The first-order valence-electron chi connectivity index (χ1n) is 27.2. The van der Waals surface area contributed by atoms with Crippen LogP contribution >= 0.6 is 23.2 Å². The van der Waals surface area contributed by atoms with Crippen LogP contribution in [0.3, 0.4) is 0 Å². The number of sulfonamides is 1. The summed E-state index contributed by atoms with van der Waals surface area (Å²) >= 11 is 12.9. The van der Waals surface area contributed by atoms with Gasteiger partial charge in [0.15, 0.2) is 0 Å². The Labute approximate surface area is 477 Å². The molecule has 6 aromatic carbocycles. The van der Waals surface area contributed by atoms with E-state index in [1.165, 1.54) is 17.2 Å². The van der Waals surface area contributed by atoms with Gasteiger partial charge >= 0.3 is 0 Å². The highest BCUT2D eigenvalue weighted by atomic mass is 35.5. The van der Waals surface area contributed by atoms with Crippen molar-refractivity contribution in [1.82, 2.24) is 24.4 Å². The van der Waals surface area contributed by atoms with Crippen molar-refractivity contribution in [3.63, 3.8) is 0 Å². The minimum atomic E-state index is -4.52. The minimum Gasteiger partial charge on any atom is -0.476 e. The number of ether oxygens (including phenoxy) is 3. The topological polar surface area (TPSA) is 148 Å². The smallest absolute Gasteiger partial charge is 0.268 e. The molecular weight excluding hydrogens is 1070 g/mol. The molecule has 16 heteroatoms. The molecule has 80 heavy (non-hydrogen) atoms. The van der Waals surface area contributed by atoms with Gasteiger partial charge in [-0.05, 0) is 128 Å². The Morgan fingerprint density at radius 3 is 2.04 bits per heavy atom. The summed E-state index contributed by atoms with van der Waals surface area (Å²) in [5.41, 5.74) is 6.29. The number of benzene rings is 6. The van der Waals surface area contributed by atoms with Crippen LogP contribution in [0.15, 0.2) is 181 Å². The van der Waals surface area contributed by atoms with Crippen LogP contribution in [0.5, 0.6) is 17.4 Å². The maximum Gasteiger partial charge on any atom is 0.268 e. The van der Waals surface area contributed by atoms with E-state index >= 15 is 0 Å². The second-order valence-electron chi connectivity index (χ2n) is 22.1. The third-order valence-corrected chi connectivity index (χ3v) is 17.7. The van der Waals surface area contributed by atoms with Gasteiger partial charge in [-0.3, -0.25) is 9.69 Å². The lowest BCUT2D eigenvalue weighted by molar-refractivity contribution is -0.0101. The lowest BCUT2D eigenvalue weighted by Gasteiger charge is -2.39. The van der Waals surface area contributed by atoms with Gasteiger partial charge in [-0.1, -0.05) is 132 Å². The lowest BCUT2D eigenvalue weighted by atomic mass is 9.77. The number of pyridine rings is 1. The Balaban J connectivity index is 0.911. The molecule has 412 valence electrons. The van der Waals surface area contributed by atoms with Crippen molar-refractivity contribution < 1.29 is 32.5 Å². The van der Waals surface area contributed by atoms with Crippen LogP contribution in [-0.4, -0.2) is 96.2 Å². The number of piperazine rings is 1. The first-order chi connectivity index (χ1) is 38.5. The summed E-state index contributed by atoms with van der Waals surface area (Å²) < 4.78 is 51.7. The largest absolute Gasteiger partial charge is 0.476 e. The SMILES string of the molecule is CC1(C)CC(c2ccc(Cl)cc2)=C(CN2CCN(c3ccc(C(=O)NS(=O)(=O)c4cnc(OC[C@H]5CC[C@](C)(O)CC5)c(Cl)c4)c(Oc4cccc5c4cnn5C(c4ccccc4)(c4ccccc4)c4ccccc4)c3)CC2)CO1. The highest BCUT2D eigenvalue weighted by molar-refractivity contribution is 7.90. The molecule has 4 heterocycles. The Hall–Kier alpha value is -7.04. The van der Waals surface area contributed by atoms with Crippen molar-refractivity contribution in [2.75, 3.05) is 50.8 Å². The van der Waals surface area contributed by atoms with Crippen LogP contribution in [0.2, 0.25) is 10.0 Å². The third-order valence-electron chi connectivity index (χ3n) is 15.9. The predicted octanol–water partition coefficient (Wildman–Crippen LogP) is 12.6. The summed E-state index contributed by atoms with van der Waals surface area (Å²) in [6.45, 7) is 10.6. The van der Waals surface area contributed by atoms with E-state index in [0.717, 1.165) is 78.6 Å². The molecule has 0 unspecified atom stereocenters. The summed E-state index contributed by atoms with van der Waals surface area (Å²) in [4.78, 5) is 23.2. The number of rotatable bonds is 16. The van der Waals surface area contributed by atoms with Crippen LogP contribution in [-0.2, 0) is 20.3 Å². The van der Waals surface area contributed by atoms with E-state index in [1.54, 1.807) is 18.3 Å². The molecule has 1 aliphatic carbocycles. The molecule has 13 nitrogen and oxygen atoms in total. The second kappa shape index (κ2) is 22.8. The van der Waals surface area contributed by atoms with E-state index in [1.807, 2.05) is 103 Å². The molecule has 0 spiro atoms. The maximum absolute atomic E-state index is 14.6. The molecular formula is C64H64Cl2N6O7S. The fraction of sp³-hybridized carbons (Fsp3) is 0.297. The Morgan fingerprint density at radius 2 is 1.41 bits per heavy atom. The summed E-state index contributed by atoms with van der Waals surface area (Å²) in [6.07, 6.45) is 6.57. The fourth-order valence-electron chi connectivity index (χ4n) is 11.4. The number of fused-ring (bicyclic) bond motifs is 1. The molecule has 2 aromatic heterocycles. The van der Waals surface area contributed by atoms with Crippen LogP contribution in [0.25, 0.3) is 16.5 Å². The van der Waals surface area contributed by atoms with E-state index in [-0.39, 0.29) is 38.6 Å². The number of carbonyl (C=O) groups excluding carboxylic acids is 1. The molecule has 8 aromatic rings. The zero-order valence-electron chi connectivity index (χ0n) is 45.0. The number of nitrogens with one attached hydrogen (secondary N) is 1. The van der Waals surface area contributed by atoms with Gasteiger partial charge in [0.25, 0.3) is 15.9 Å². The van der Waals surface area contributed by atoms with Gasteiger partial charge in [0.2, 0.25) is 5.88 Å². The van der Waals surface area contributed by atoms with Gasteiger partial charge in [-0.2, -0.15) is 5.10 Å². The number of nitrogens with zero attached hydrogens (tertiary/aromatic N) is 5. The molecule has 2 aliphatic heterocycles. The lowest BCUT2D eigenvalue weighted by Crippen LogP contribution is -2.47. The number of anilines is 1. The monoisotopic (exact) mass is 1130 g/mol. The third kappa shape index (κ3) is 11.6. The Kier molecular flexibility index (Phi) is 15.7.